The van der Waals surface area contributed by atoms with Crippen molar-refractivity contribution in [3.63, 3.8) is 0 Å². The Labute approximate surface area is 172 Å². The molecule has 4 heteroatoms. The maximum Gasteiger partial charge on any atom is 0.228 e. The summed E-state index contributed by atoms with van der Waals surface area (Å²) in [5.74, 6) is 0.806. The molecule has 1 unspecified atom stereocenters. The van der Waals surface area contributed by atoms with Gasteiger partial charge in [-0.3, -0.25) is 9.69 Å². The van der Waals surface area contributed by atoms with Crippen LogP contribution in [0.5, 0.6) is 5.75 Å². The van der Waals surface area contributed by atoms with Gasteiger partial charge in [0.2, 0.25) is 5.91 Å². The van der Waals surface area contributed by atoms with Crippen molar-refractivity contribution in [3.8, 4) is 5.75 Å². The maximum atomic E-state index is 12.9. The van der Waals surface area contributed by atoms with Crippen molar-refractivity contribution in [3.05, 3.63) is 72.3 Å². The molecule has 3 aromatic rings. The van der Waals surface area contributed by atoms with Crippen LogP contribution in [0.25, 0.3) is 10.8 Å². The highest BCUT2D eigenvalue weighted by Crippen LogP contribution is 2.27. The molecule has 0 spiro atoms. The van der Waals surface area contributed by atoms with Gasteiger partial charge >= 0.3 is 0 Å². The average molecular weight is 389 g/mol. The van der Waals surface area contributed by atoms with Gasteiger partial charge in [-0.15, -0.1) is 0 Å². The number of likely N-dealkylation sites (tertiary alicyclic amines) is 1. The van der Waals surface area contributed by atoms with Gasteiger partial charge in [-0.2, -0.15) is 0 Å². The van der Waals surface area contributed by atoms with Crippen LogP contribution >= 0.6 is 0 Å². The average Bonchev–Trinajstić information content (AvgIpc) is 2.76. The van der Waals surface area contributed by atoms with Crippen LogP contribution < -0.4 is 10.1 Å². The first-order valence-electron chi connectivity index (χ1n) is 10.5. The molecule has 1 atom stereocenters. The summed E-state index contributed by atoms with van der Waals surface area (Å²) < 4.78 is 5.64. The Bertz CT molecular complexity index is 980. The van der Waals surface area contributed by atoms with Crippen LogP contribution in [0, 0.1) is 5.92 Å². The largest absolute Gasteiger partial charge is 0.492 e. The molecule has 1 saturated heterocycles. The third-order valence-electron chi connectivity index (χ3n) is 5.59. The number of ether oxygens (including phenoxy) is 1. The van der Waals surface area contributed by atoms with E-state index in [1.165, 1.54) is 16.3 Å². The number of amides is 1. The normalized spacial score (nSPS) is 17.2. The zero-order chi connectivity index (χ0) is 20.1. The minimum atomic E-state index is -0.00610. The fourth-order valence-corrected chi connectivity index (χ4v) is 4.17. The van der Waals surface area contributed by atoms with Crippen molar-refractivity contribution < 1.29 is 9.53 Å². The highest BCUT2D eigenvalue weighted by Gasteiger charge is 2.26. The summed E-state index contributed by atoms with van der Waals surface area (Å²) in [5, 5.41) is 5.65. The van der Waals surface area contributed by atoms with E-state index in [4.69, 9.17) is 4.74 Å². The van der Waals surface area contributed by atoms with Gasteiger partial charge in [0, 0.05) is 13.1 Å². The number of anilines is 1. The van der Waals surface area contributed by atoms with E-state index in [-0.39, 0.29) is 11.8 Å². The number of piperidine rings is 1. The fourth-order valence-electron chi connectivity index (χ4n) is 4.17. The van der Waals surface area contributed by atoms with Crippen molar-refractivity contribution in [2.75, 3.05) is 25.0 Å². The first-order valence-corrected chi connectivity index (χ1v) is 10.5. The monoisotopic (exact) mass is 388 g/mol. The molecule has 3 aromatic carbocycles. The quantitative estimate of drug-likeness (QED) is 0.640. The number of carbonyl (C=O) groups is 1. The van der Waals surface area contributed by atoms with E-state index >= 15 is 0 Å². The van der Waals surface area contributed by atoms with Crippen LogP contribution in [0.1, 0.15) is 25.3 Å². The van der Waals surface area contributed by atoms with Crippen molar-refractivity contribution in [1.29, 1.82) is 0 Å². The first-order chi connectivity index (χ1) is 14.2. The van der Waals surface area contributed by atoms with Crippen LogP contribution in [0.3, 0.4) is 0 Å². The highest BCUT2D eigenvalue weighted by atomic mass is 16.5. The number of hydrogen-bond acceptors (Lipinski definition) is 3. The molecule has 0 aliphatic carbocycles. The molecular formula is C25H28N2O2. The van der Waals surface area contributed by atoms with Crippen molar-refractivity contribution in [2.45, 2.75) is 26.3 Å². The topological polar surface area (TPSA) is 41.6 Å². The number of hydrogen-bond donors (Lipinski definition) is 1. The molecular weight excluding hydrogens is 360 g/mol. The number of rotatable bonds is 6. The molecule has 1 fully saturated rings. The van der Waals surface area contributed by atoms with Crippen molar-refractivity contribution >= 4 is 22.4 Å². The van der Waals surface area contributed by atoms with Crippen molar-refractivity contribution in [1.82, 2.24) is 4.90 Å². The Hall–Kier alpha value is -2.85. The van der Waals surface area contributed by atoms with Gasteiger partial charge in [-0.1, -0.05) is 54.6 Å². The summed E-state index contributed by atoms with van der Waals surface area (Å²) in [6, 6.07) is 22.6. The van der Waals surface area contributed by atoms with E-state index in [0.29, 0.717) is 6.61 Å². The van der Waals surface area contributed by atoms with Crippen LogP contribution in [-0.4, -0.2) is 30.5 Å². The van der Waals surface area contributed by atoms with Gasteiger partial charge in [-0.05, 0) is 54.8 Å². The van der Waals surface area contributed by atoms with E-state index in [1.807, 2.05) is 31.2 Å². The zero-order valence-corrected chi connectivity index (χ0v) is 16.9. The first kappa shape index (κ1) is 19.5. The molecule has 0 saturated carbocycles. The van der Waals surface area contributed by atoms with E-state index < -0.39 is 0 Å². The van der Waals surface area contributed by atoms with Crippen molar-refractivity contribution in [2.24, 2.45) is 5.92 Å². The SMILES string of the molecule is CCOc1ccccc1NC(=O)C1CCCN(Cc2cccc3ccccc23)C1. The number of nitrogens with zero attached hydrogens (tertiary/aromatic N) is 1. The molecule has 0 bridgehead atoms. The summed E-state index contributed by atoms with van der Waals surface area (Å²) >= 11 is 0. The minimum absolute atomic E-state index is 0.00610. The summed E-state index contributed by atoms with van der Waals surface area (Å²) in [5.41, 5.74) is 2.08. The van der Waals surface area contributed by atoms with Crippen LogP contribution in [-0.2, 0) is 11.3 Å². The molecule has 4 nitrogen and oxygen atoms in total. The van der Waals surface area contributed by atoms with Crippen LogP contribution in [0.15, 0.2) is 66.7 Å². The predicted octanol–water partition coefficient (Wildman–Crippen LogP) is 5.09. The van der Waals surface area contributed by atoms with E-state index in [1.54, 1.807) is 0 Å². The summed E-state index contributed by atoms with van der Waals surface area (Å²) in [6.45, 7) is 5.22. The number of fused-ring (bicyclic) bond motifs is 1. The second-order valence-electron chi connectivity index (χ2n) is 7.63. The van der Waals surface area contributed by atoms with Gasteiger partial charge in [-0.25, -0.2) is 0 Å². The summed E-state index contributed by atoms with van der Waals surface area (Å²) in [7, 11) is 0. The minimum Gasteiger partial charge on any atom is -0.492 e. The summed E-state index contributed by atoms with van der Waals surface area (Å²) in [6.07, 6.45) is 1.96. The lowest BCUT2D eigenvalue weighted by Crippen LogP contribution is -2.40. The number of nitrogens with one attached hydrogen (secondary N) is 1. The molecule has 4 rings (SSSR count). The maximum absolute atomic E-state index is 12.9. The van der Waals surface area contributed by atoms with Gasteiger partial charge in [0.15, 0.2) is 0 Å². The van der Waals surface area contributed by atoms with Gasteiger partial charge in [0.25, 0.3) is 0 Å². The third-order valence-corrected chi connectivity index (χ3v) is 5.59. The molecule has 1 N–H and O–H groups in total. The van der Waals surface area contributed by atoms with E-state index in [2.05, 4.69) is 52.7 Å². The zero-order valence-electron chi connectivity index (χ0n) is 16.9. The number of benzene rings is 3. The van der Waals surface area contributed by atoms with E-state index in [9.17, 15) is 4.79 Å². The third kappa shape index (κ3) is 4.60. The summed E-state index contributed by atoms with van der Waals surface area (Å²) in [4.78, 5) is 15.3. The second-order valence-corrected chi connectivity index (χ2v) is 7.63. The Kier molecular flexibility index (Phi) is 6.11. The lowest BCUT2D eigenvalue weighted by atomic mass is 9.96. The van der Waals surface area contributed by atoms with Gasteiger partial charge in [0.1, 0.15) is 5.75 Å². The number of carbonyl (C=O) groups excluding carboxylic acids is 1. The molecule has 150 valence electrons. The molecule has 29 heavy (non-hydrogen) atoms. The Balaban J connectivity index is 1.44. The standard InChI is InChI=1S/C25H28N2O2/c1-2-29-24-15-6-5-14-23(24)26-25(28)21-12-8-16-27(18-21)17-20-11-7-10-19-9-3-4-13-22(19)20/h3-7,9-11,13-15,21H,2,8,12,16-18H2,1H3,(H,26,28). The van der Waals surface area contributed by atoms with E-state index in [0.717, 1.165) is 43.9 Å². The predicted molar refractivity (Wildman–Crippen MR) is 118 cm³/mol. The molecule has 1 heterocycles. The van der Waals surface area contributed by atoms with Crippen LogP contribution in [0.2, 0.25) is 0 Å². The van der Waals surface area contributed by atoms with Gasteiger partial charge in [0.05, 0.1) is 18.2 Å². The van der Waals surface area contributed by atoms with Gasteiger partial charge < -0.3 is 10.1 Å². The highest BCUT2D eigenvalue weighted by molar-refractivity contribution is 5.94. The molecule has 1 aliphatic heterocycles. The smallest absolute Gasteiger partial charge is 0.228 e. The Morgan fingerprint density at radius 1 is 1.07 bits per heavy atom. The lowest BCUT2D eigenvalue weighted by molar-refractivity contribution is -0.121. The molecule has 0 radical (unpaired) electrons. The second kappa shape index (κ2) is 9.10. The Morgan fingerprint density at radius 2 is 1.86 bits per heavy atom. The number of para-hydroxylation sites is 2. The molecule has 1 aliphatic rings. The lowest BCUT2D eigenvalue weighted by Gasteiger charge is -2.32. The van der Waals surface area contributed by atoms with Crippen LogP contribution in [0.4, 0.5) is 5.69 Å². The molecule has 0 aromatic heterocycles. The fraction of sp³-hybridized carbons (Fsp3) is 0.320. The molecule has 1 amide bonds. The Morgan fingerprint density at radius 3 is 2.76 bits per heavy atom.